The molecule has 8 nitrogen and oxygen atoms in total. The van der Waals surface area contributed by atoms with Crippen molar-refractivity contribution in [2.24, 2.45) is 5.73 Å². The number of thiazole rings is 1. The van der Waals surface area contributed by atoms with E-state index >= 15 is 0 Å². The molecule has 1 aliphatic heterocycles. The van der Waals surface area contributed by atoms with Gasteiger partial charge in [0.25, 0.3) is 0 Å². The van der Waals surface area contributed by atoms with Gasteiger partial charge in [-0.1, -0.05) is 13.8 Å². The van der Waals surface area contributed by atoms with Gasteiger partial charge in [-0.3, -0.25) is 9.78 Å². The Labute approximate surface area is 189 Å². The minimum atomic E-state index is -0.534. The molecule has 0 aliphatic carbocycles. The molecule has 4 N–H and O–H groups in total. The second kappa shape index (κ2) is 9.25. The monoisotopic (exact) mass is 455 g/mol. The van der Waals surface area contributed by atoms with Crippen LogP contribution in [0.25, 0.3) is 10.7 Å². The SMILES string of the molecule is CC(C)(CNc1ccc(-c2ncc(C(C(N)=O)[C@@H]3CCCN3)s2)nn1)c1ncccc1F. The van der Waals surface area contributed by atoms with Crippen LogP contribution >= 0.6 is 11.3 Å². The highest BCUT2D eigenvalue weighted by atomic mass is 32.1. The van der Waals surface area contributed by atoms with Crippen molar-refractivity contribution >= 4 is 23.1 Å². The number of carbonyl (C=O) groups excluding carboxylic acids is 1. The molecule has 32 heavy (non-hydrogen) atoms. The van der Waals surface area contributed by atoms with E-state index < -0.39 is 11.3 Å². The van der Waals surface area contributed by atoms with Crippen molar-refractivity contribution in [3.05, 3.63) is 53.0 Å². The van der Waals surface area contributed by atoms with Gasteiger partial charge in [-0.25, -0.2) is 9.37 Å². The number of halogens is 1. The molecule has 0 bridgehead atoms. The normalized spacial score (nSPS) is 17.3. The number of rotatable bonds is 8. The number of pyridine rings is 1. The van der Waals surface area contributed by atoms with E-state index in [-0.39, 0.29) is 17.8 Å². The topological polar surface area (TPSA) is 119 Å². The van der Waals surface area contributed by atoms with E-state index in [1.54, 1.807) is 24.5 Å². The van der Waals surface area contributed by atoms with Crippen LogP contribution in [0.15, 0.2) is 36.7 Å². The summed E-state index contributed by atoms with van der Waals surface area (Å²) in [6.07, 6.45) is 5.24. The van der Waals surface area contributed by atoms with Crippen LogP contribution in [0.3, 0.4) is 0 Å². The van der Waals surface area contributed by atoms with Crippen molar-refractivity contribution in [1.29, 1.82) is 0 Å². The average Bonchev–Trinajstić information content (AvgIpc) is 3.46. The van der Waals surface area contributed by atoms with Crippen LogP contribution in [0.5, 0.6) is 0 Å². The van der Waals surface area contributed by atoms with Gasteiger partial charge in [0.05, 0.1) is 11.6 Å². The number of aromatic nitrogens is 4. The summed E-state index contributed by atoms with van der Waals surface area (Å²) in [5.74, 6) is -0.508. The Morgan fingerprint density at radius 1 is 1.34 bits per heavy atom. The van der Waals surface area contributed by atoms with Gasteiger partial charge in [-0.15, -0.1) is 21.5 Å². The van der Waals surface area contributed by atoms with Crippen LogP contribution in [0, 0.1) is 5.82 Å². The van der Waals surface area contributed by atoms with Gasteiger partial charge in [0, 0.05) is 35.3 Å². The highest BCUT2D eigenvalue weighted by Gasteiger charge is 2.32. The Morgan fingerprint density at radius 2 is 2.19 bits per heavy atom. The molecule has 3 aromatic heterocycles. The first-order valence-corrected chi connectivity index (χ1v) is 11.3. The second-order valence-corrected chi connectivity index (χ2v) is 9.59. The van der Waals surface area contributed by atoms with Crippen LogP contribution in [-0.4, -0.2) is 45.2 Å². The molecule has 1 aliphatic rings. The molecule has 0 saturated carbocycles. The number of hydrogen-bond acceptors (Lipinski definition) is 8. The maximum atomic E-state index is 14.1. The molecule has 4 rings (SSSR count). The molecule has 3 aromatic rings. The van der Waals surface area contributed by atoms with Crippen molar-refractivity contribution in [3.63, 3.8) is 0 Å². The van der Waals surface area contributed by atoms with Gasteiger partial charge >= 0.3 is 0 Å². The lowest BCUT2D eigenvalue weighted by Gasteiger charge is -2.24. The van der Waals surface area contributed by atoms with Crippen molar-refractivity contribution in [2.75, 3.05) is 18.4 Å². The Balaban J connectivity index is 1.44. The van der Waals surface area contributed by atoms with E-state index in [0.29, 0.717) is 28.8 Å². The molecule has 4 heterocycles. The molecule has 168 valence electrons. The molecular formula is C22H26FN7OS. The largest absolute Gasteiger partial charge is 0.369 e. The lowest BCUT2D eigenvalue weighted by molar-refractivity contribution is -0.119. The van der Waals surface area contributed by atoms with Crippen LogP contribution in [0.4, 0.5) is 10.2 Å². The Bertz CT molecular complexity index is 1080. The minimum Gasteiger partial charge on any atom is -0.369 e. The van der Waals surface area contributed by atoms with E-state index in [9.17, 15) is 9.18 Å². The zero-order valence-electron chi connectivity index (χ0n) is 18.0. The van der Waals surface area contributed by atoms with E-state index in [1.165, 1.54) is 17.4 Å². The second-order valence-electron chi connectivity index (χ2n) is 8.53. The van der Waals surface area contributed by atoms with Gasteiger partial charge in [-0.2, -0.15) is 0 Å². The number of carbonyl (C=O) groups is 1. The standard InChI is InChI=1S/C22H26FN7OS/c1-22(2,19-13(23)5-3-10-26-19)12-28-17-8-7-15(29-30-17)21-27-11-16(32-21)18(20(24)31)14-6-4-9-25-14/h3,5,7-8,10-11,14,18,25H,4,6,9,12H2,1-2H3,(H2,24,31)(H,28,30)/t14-,18?/m0/s1. The highest BCUT2D eigenvalue weighted by molar-refractivity contribution is 7.15. The summed E-state index contributed by atoms with van der Waals surface area (Å²) in [6.45, 7) is 5.16. The zero-order valence-corrected chi connectivity index (χ0v) is 18.8. The summed E-state index contributed by atoms with van der Waals surface area (Å²) in [7, 11) is 0. The Hall–Kier alpha value is -2.98. The number of amides is 1. The van der Waals surface area contributed by atoms with Gasteiger partial charge in [-0.05, 0) is 43.7 Å². The van der Waals surface area contributed by atoms with Crippen molar-refractivity contribution in [1.82, 2.24) is 25.5 Å². The first kappa shape index (κ1) is 22.2. The number of nitrogens with two attached hydrogens (primary N) is 1. The third-order valence-electron chi connectivity index (χ3n) is 5.63. The van der Waals surface area contributed by atoms with E-state index in [1.807, 2.05) is 19.9 Å². The average molecular weight is 456 g/mol. The minimum absolute atomic E-state index is 0.0470. The van der Waals surface area contributed by atoms with Gasteiger partial charge in [0.1, 0.15) is 22.3 Å². The fourth-order valence-electron chi connectivity index (χ4n) is 3.90. The van der Waals surface area contributed by atoms with Crippen molar-refractivity contribution < 1.29 is 9.18 Å². The molecule has 1 amide bonds. The van der Waals surface area contributed by atoms with Crippen molar-refractivity contribution in [2.45, 2.75) is 44.1 Å². The number of hydrogen-bond donors (Lipinski definition) is 3. The summed E-state index contributed by atoms with van der Waals surface area (Å²) in [5.41, 5.74) is 6.15. The van der Waals surface area contributed by atoms with Crippen LogP contribution in [-0.2, 0) is 10.2 Å². The van der Waals surface area contributed by atoms with Crippen LogP contribution < -0.4 is 16.4 Å². The summed E-state index contributed by atoms with van der Waals surface area (Å²) in [4.78, 5) is 21.5. The molecule has 1 fully saturated rings. The molecule has 1 saturated heterocycles. The van der Waals surface area contributed by atoms with E-state index in [0.717, 1.165) is 24.3 Å². The quantitative estimate of drug-likeness (QED) is 0.478. The fraction of sp³-hybridized carbons (Fsp3) is 0.409. The summed E-state index contributed by atoms with van der Waals surface area (Å²) >= 11 is 1.41. The predicted molar refractivity (Wildman–Crippen MR) is 122 cm³/mol. The molecule has 0 aromatic carbocycles. The van der Waals surface area contributed by atoms with Crippen LogP contribution in [0.1, 0.15) is 43.2 Å². The van der Waals surface area contributed by atoms with E-state index in [2.05, 4.69) is 30.8 Å². The first-order chi connectivity index (χ1) is 15.3. The molecule has 0 spiro atoms. The van der Waals surface area contributed by atoms with Gasteiger partial charge in [0.2, 0.25) is 5.91 Å². The Kier molecular flexibility index (Phi) is 6.43. The molecule has 1 unspecified atom stereocenters. The zero-order chi connectivity index (χ0) is 22.7. The molecule has 0 radical (unpaired) electrons. The van der Waals surface area contributed by atoms with E-state index in [4.69, 9.17) is 5.73 Å². The number of nitrogens with zero attached hydrogens (tertiary/aromatic N) is 4. The summed E-state index contributed by atoms with van der Waals surface area (Å²) in [5, 5.41) is 15.7. The summed E-state index contributed by atoms with van der Waals surface area (Å²) < 4.78 is 14.1. The Morgan fingerprint density at radius 3 is 2.84 bits per heavy atom. The lowest BCUT2D eigenvalue weighted by atomic mass is 9.88. The maximum Gasteiger partial charge on any atom is 0.227 e. The summed E-state index contributed by atoms with van der Waals surface area (Å²) in [6, 6.07) is 6.65. The number of primary amides is 1. The van der Waals surface area contributed by atoms with Gasteiger partial charge < -0.3 is 16.4 Å². The molecule has 10 heteroatoms. The van der Waals surface area contributed by atoms with Crippen molar-refractivity contribution in [3.8, 4) is 10.7 Å². The smallest absolute Gasteiger partial charge is 0.227 e. The van der Waals surface area contributed by atoms with Crippen LogP contribution in [0.2, 0.25) is 0 Å². The lowest BCUT2D eigenvalue weighted by Crippen LogP contribution is -2.36. The van der Waals surface area contributed by atoms with Gasteiger partial charge in [0.15, 0.2) is 0 Å². The fourth-order valence-corrected chi connectivity index (χ4v) is 4.96. The first-order valence-electron chi connectivity index (χ1n) is 10.5. The molecule has 2 atom stereocenters. The highest BCUT2D eigenvalue weighted by Crippen LogP contribution is 2.33. The third kappa shape index (κ3) is 4.76. The molecular weight excluding hydrogens is 429 g/mol. The predicted octanol–water partition coefficient (Wildman–Crippen LogP) is 2.84. The number of anilines is 1. The maximum absolute atomic E-state index is 14.1. The number of nitrogens with one attached hydrogen (secondary N) is 2. The third-order valence-corrected chi connectivity index (χ3v) is 6.73.